The number of rotatable bonds is 10. The van der Waals surface area contributed by atoms with Gasteiger partial charge < -0.3 is 31.2 Å². The smallest absolute Gasteiger partial charge is 0.438 e. The number of quaternary nitrogens is 2. The highest BCUT2D eigenvalue weighted by Gasteiger charge is 2.98. The van der Waals surface area contributed by atoms with Gasteiger partial charge >= 0.3 is 53.6 Å². The molecule has 1 atom stereocenters. The second-order valence-electron chi connectivity index (χ2n) is 6.80. The lowest BCUT2D eigenvalue weighted by Crippen LogP contribution is -2.77. The number of hydrogen-bond acceptors (Lipinski definition) is 4. The molecule has 0 aromatic heterocycles. The maximum Gasteiger partial charge on any atom is 0.438 e. The standard InChI is InChI=1S/C12H8F19O4P.2H3N/c1-3(35-36(32,33)34)2-4(13,14)6(16,17)8(20,21)10(24,25)9(22,23)7(18,19)5(15,11(26,27)28)12(29,30)31;;/h3H,2H2,1H3,(H2,32,33,34);2*1H3. The normalized spacial score (nSPS) is 16.5. The molecule has 38 heavy (non-hydrogen) atoms. The minimum atomic E-state index is -9.15. The van der Waals surface area contributed by atoms with Crippen LogP contribution in [0.15, 0.2) is 0 Å². The SMILES string of the molecule is CC(CC(F)(F)C(F)(F)C(F)(F)C(F)(F)C(F)(F)C(F)(F)C(F)(C(F)(F)F)C(F)(F)F)OP(=O)([O-])[O-].[NH4+].[NH4+]. The van der Waals surface area contributed by atoms with Crippen molar-refractivity contribution in [3.8, 4) is 0 Å². The summed E-state index contributed by atoms with van der Waals surface area (Å²) in [6, 6.07) is 0. The molecule has 26 heteroatoms. The van der Waals surface area contributed by atoms with Gasteiger partial charge in [-0.3, -0.25) is 0 Å². The van der Waals surface area contributed by atoms with Crippen molar-refractivity contribution in [2.75, 3.05) is 0 Å². The third-order valence-electron chi connectivity index (χ3n) is 4.10. The Morgan fingerprint density at radius 2 is 0.842 bits per heavy atom. The highest BCUT2D eigenvalue weighted by Crippen LogP contribution is 2.66. The highest BCUT2D eigenvalue weighted by atomic mass is 31.2. The van der Waals surface area contributed by atoms with Crippen LogP contribution in [0.2, 0.25) is 0 Å². The van der Waals surface area contributed by atoms with Crippen LogP contribution in [-0.2, 0) is 9.09 Å². The van der Waals surface area contributed by atoms with Crippen LogP contribution in [0.4, 0.5) is 83.4 Å². The Hall–Kier alpha value is -1.30. The van der Waals surface area contributed by atoms with E-state index in [0.717, 1.165) is 0 Å². The summed E-state index contributed by atoms with van der Waals surface area (Å²) >= 11 is 0. The molecule has 0 saturated carbocycles. The van der Waals surface area contributed by atoms with Crippen LogP contribution in [0.3, 0.4) is 0 Å². The molecule has 0 aliphatic rings. The van der Waals surface area contributed by atoms with E-state index in [-0.39, 0.29) is 19.2 Å². The average molecular weight is 642 g/mol. The Labute approximate surface area is 196 Å². The molecule has 0 aliphatic heterocycles. The van der Waals surface area contributed by atoms with Gasteiger partial charge in [0.2, 0.25) is 0 Å². The quantitative estimate of drug-likeness (QED) is 0.222. The van der Waals surface area contributed by atoms with Gasteiger partial charge in [-0.05, 0) is 6.92 Å². The second-order valence-corrected chi connectivity index (χ2v) is 7.90. The van der Waals surface area contributed by atoms with Crippen molar-refractivity contribution < 1.29 is 102 Å². The van der Waals surface area contributed by atoms with Crippen molar-refractivity contribution in [3.63, 3.8) is 0 Å². The van der Waals surface area contributed by atoms with Gasteiger partial charge in [0.1, 0.15) is 0 Å². The van der Waals surface area contributed by atoms with Gasteiger partial charge in [0.25, 0.3) is 0 Å². The maximum absolute atomic E-state index is 13.6. The molecule has 0 heterocycles. The summed E-state index contributed by atoms with van der Waals surface area (Å²) in [5.74, 6) is -51.2. The van der Waals surface area contributed by atoms with E-state index < -0.39 is 73.9 Å². The van der Waals surface area contributed by atoms with Gasteiger partial charge in [-0.2, -0.15) is 79.0 Å². The molecule has 0 aromatic rings. The van der Waals surface area contributed by atoms with Crippen LogP contribution in [0.1, 0.15) is 13.3 Å². The lowest BCUT2D eigenvalue weighted by molar-refractivity contribution is -0.472. The van der Waals surface area contributed by atoms with E-state index in [9.17, 15) is 97.8 Å². The zero-order valence-corrected chi connectivity index (χ0v) is 18.9. The third-order valence-corrected chi connectivity index (χ3v) is 4.72. The average Bonchev–Trinajstić information content (AvgIpc) is 2.55. The van der Waals surface area contributed by atoms with E-state index in [2.05, 4.69) is 4.52 Å². The van der Waals surface area contributed by atoms with E-state index in [1.807, 2.05) is 0 Å². The van der Waals surface area contributed by atoms with E-state index in [4.69, 9.17) is 0 Å². The van der Waals surface area contributed by atoms with Crippen LogP contribution in [-0.4, -0.2) is 59.7 Å². The maximum atomic E-state index is 13.6. The Bertz CT molecular complexity index is 838. The third kappa shape index (κ3) is 6.05. The summed E-state index contributed by atoms with van der Waals surface area (Å²) in [4.78, 5) is 20.4. The van der Waals surface area contributed by atoms with E-state index in [1.165, 1.54) is 0 Å². The largest absolute Gasteiger partial charge is 0.790 e. The van der Waals surface area contributed by atoms with Crippen LogP contribution in [0, 0.1) is 0 Å². The van der Waals surface area contributed by atoms with Crippen molar-refractivity contribution in [2.24, 2.45) is 0 Å². The molecule has 0 bridgehead atoms. The predicted molar refractivity (Wildman–Crippen MR) is 80.4 cm³/mol. The van der Waals surface area contributed by atoms with Crippen molar-refractivity contribution in [2.45, 2.75) is 73.0 Å². The van der Waals surface area contributed by atoms with Gasteiger partial charge in [0.15, 0.2) is 0 Å². The van der Waals surface area contributed by atoms with Crippen LogP contribution in [0.25, 0.3) is 0 Å². The van der Waals surface area contributed by atoms with Crippen molar-refractivity contribution in [1.29, 1.82) is 0 Å². The highest BCUT2D eigenvalue weighted by molar-refractivity contribution is 7.43. The fraction of sp³-hybridized carbons (Fsp3) is 1.00. The number of alkyl halides is 19. The lowest BCUT2D eigenvalue weighted by Gasteiger charge is -2.45. The molecule has 0 aromatic carbocycles. The molecule has 0 spiro atoms. The minimum absolute atomic E-state index is 0. The molecule has 0 radical (unpaired) electrons. The molecule has 6 nitrogen and oxygen atoms in total. The predicted octanol–water partition coefficient (Wildman–Crippen LogP) is 6.01. The summed E-state index contributed by atoms with van der Waals surface area (Å²) < 4.78 is 263. The first-order valence-corrected chi connectivity index (χ1v) is 9.36. The van der Waals surface area contributed by atoms with Crippen LogP contribution < -0.4 is 22.1 Å². The summed E-state index contributed by atoms with van der Waals surface area (Å²) in [5.41, 5.74) is -8.83. The van der Waals surface area contributed by atoms with Gasteiger partial charge in [0, 0.05) is 6.42 Å². The zero-order valence-electron chi connectivity index (χ0n) is 18.0. The first-order valence-electron chi connectivity index (χ1n) is 7.90. The summed E-state index contributed by atoms with van der Waals surface area (Å²) in [7, 11) is -6.42. The van der Waals surface area contributed by atoms with Crippen LogP contribution >= 0.6 is 7.82 Å². The second kappa shape index (κ2) is 10.6. The van der Waals surface area contributed by atoms with Crippen LogP contribution in [0.5, 0.6) is 0 Å². The summed E-state index contributed by atoms with van der Waals surface area (Å²) in [6.45, 7) is -0.129. The number of phosphoric acid groups is 1. The molecule has 0 rings (SSSR count). The lowest BCUT2D eigenvalue weighted by atomic mass is 9.83. The fourth-order valence-electron chi connectivity index (χ4n) is 2.30. The molecular weight excluding hydrogens is 628 g/mol. The van der Waals surface area contributed by atoms with Crippen molar-refractivity contribution >= 4 is 7.82 Å². The Kier molecular flexibility index (Phi) is 11.5. The number of hydrogen-bond donors (Lipinski definition) is 2. The van der Waals surface area contributed by atoms with Crippen molar-refractivity contribution in [3.05, 3.63) is 0 Å². The molecule has 0 saturated heterocycles. The molecule has 0 fully saturated rings. The topological polar surface area (TPSA) is 145 Å². The molecular formula is C12H14F19N2O4P. The van der Waals surface area contributed by atoms with E-state index >= 15 is 0 Å². The van der Waals surface area contributed by atoms with Gasteiger partial charge in [0.05, 0.1) is 13.9 Å². The van der Waals surface area contributed by atoms with E-state index in [0.29, 0.717) is 0 Å². The summed E-state index contributed by atoms with van der Waals surface area (Å²) in [6.07, 6.45) is -23.2. The molecule has 234 valence electrons. The fourth-order valence-corrected chi connectivity index (χ4v) is 2.82. The van der Waals surface area contributed by atoms with Crippen molar-refractivity contribution in [1.82, 2.24) is 12.3 Å². The van der Waals surface area contributed by atoms with Gasteiger partial charge in [-0.15, -0.1) is 0 Å². The number of halogens is 19. The molecule has 1 unspecified atom stereocenters. The zero-order chi connectivity index (χ0) is 30.0. The monoisotopic (exact) mass is 642 g/mol. The molecule has 0 aliphatic carbocycles. The Morgan fingerprint density at radius 1 is 0.579 bits per heavy atom. The first-order chi connectivity index (χ1) is 15.1. The Balaban J connectivity index is -0.00000612. The molecule has 0 amide bonds. The first kappa shape index (κ1) is 41.2. The number of phosphoric ester groups is 1. The Morgan fingerprint density at radius 3 is 1.11 bits per heavy atom. The van der Waals surface area contributed by atoms with E-state index in [1.54, 1.807) is 0 Å². The van der Waals surface area contributed by atoms with Gasteiger partial charge in [-0.25, -0.2) is 4.39 Å². The summed E-state index contributed by atoms with van der Waals surface area (Å²) in [5, 5.41) is 0. The minimum Gasteiger partial charge on any atom is -0.790 e. The molecule has 8 N–H and O–H groups in total. The van der Waals surface area contributed by atoms with Gasteiger partial charge in [-0.1, -0.05) is 0 Å².